The number of aromatic amines is 2. The van der Waals surface area contributed by atoms with Crippen LogP contribution in [0.25, 0.3) is 21.8 Å². The van der Waals surface area contributed by atoms with Crippen LogP contribution >= 0.6 is 0 Å². The number of phenols is 1. The Hall–Kier alpha value is -6.37. The number of phenolic OH excluding ortho intramolecular Hbond substituents is 1. The van der Waals surface area contributed by atoms with Crippen LogP contribution in [0.1, 0.15) is 110 Å². The van der Waals surface area contributed by atoms with Gasteiger partial charge in [-0.15, -0.1) is 0 Å². The van der Waals surface area contributed by atoms with Gasteiger partial charge in [0.25, 0.3) is 11.8 Å². The number of para-hydroxylation sites is 1. The second-order valence-corrected chi connectivity index (χ2v) is 17.1. The van der Waals surface area contributed by atoms with Crippen molar-refractivity contribution in [3.05, 3.63) is 139 Å². The van der Waals surface area contributed by atoms with Crippen molar-refractivity contribution in [2.75, 3.05) is 10.6 Å². The largest absolute Gasteiger partial charge is 0.507 e. The molecule has 4 aromatic carbocycles. The maximum atomic E-state index is 13.7. The van der Waals surface area contributed by atoms with E-state index in [0.29, 0.717) is 38.6 Å². The molecule has 1 aliphatic carbocycles. The summed E-state index contributed by atoms with van der Waals surface area (Å²) in [6.07, 6.45) is 1.44. The zero-order valence-electron chi connectivity index (χ0n) is 34.6. The van der Waals surface area contributed by atoms with Gasteiger partial charge in [-0.3, -0.25) is 19.2 Å². The van der Waals surface area contributed by atoms with Gasteiger partial charge >= 0.3 is 6.18 Å². The van der Waals surface area contributed by atoms with E-state index in [1.807, 2.05) is 53.7 Å². The number of pyridine rings is 2. The van der Waals surface area contributed by atoms with Crippen molar-refractivity contribution in [3.8, 4) is 11.5 Å². The third-order valence-electron chi connectivity index (χ3n) is 10.5. The normalized spacial score (nSPS) is 13.5. The molecule has 60 heavy (non-hydrogen) atoms. The first-order chi connectivity index (χ1) is 28.1. The molecule has 13 heteroatoms. The van der Waals surface area contributed by atoms with Gasteiger partial charge in [-0.05, 0) is 97.0 Å². The molecule has 0 spiro atoms. The van der Waals surface area contributed by atoms with Gasteiger partial charge in [-0.2, -0.15) is 13.2 Å². The van der Waals surface area contributed by atoms with Crippen molar-refractivity contribution in [2.24, 2.45) is 0 Å². The average molecular weight is 823 g/mol. The summed E-state index contributed by atoms with van der Waals surface area (Å²) < 4.78 is 46.7. The molecule has 1 aliphatic rings. The Morgan fingerprint density at radius 1 is 0.717 bits per heavy atom. The Morgan fingerprint density at radius 3 is 1.93 bits per heavy atom. The Morgan fingerprint density at radius 2 is 1.30 bits per heavy atom. The first kappa shape index (κ1) is 43.2. The lowest BCUT2D eigenvalue weighted by Gasteiger charge is -2.29. The Labute approximate surface area is 345 Å². The van der Waals surface area contributed by atoms with Crippen molar-refractivity contribution in [3.63, 3.8) is 0 Å². The number of alkyl halides is 3. The van der Waals surface area contributed by atoms with Gasteiger partial charge in [0.05, 0.1) is 17.4 Å². The molecule has 2 heterocycles. The summed E-state index contributed by atoms with van der Waals surface area (Å²) in [6.45, 7) is 13.8. The summed E-state index contributed by atoms with van der Waals surface area (Å²) in [5, 5.41) is 16.9. The highest BCUT2D eigenvalue weighted by atomic mass is 19.4. The van der Waals surface area contributed by atoms with Gasteiger partial charge in [0.1, 0.15) is 22.6 Å². The standard InChI is InChI=1S/C24H28N2O3.C23H21F3N2O3/c1-23(2,3)16-11-12-18(19(21(16)28)24(4,5)6)26-22(29)15-13-25-17-10-8-7-9-14(17)20(15)27;1-13-5-4-8-19-20(13)21(29)16(12-27-19)22(30)28-18-10-9-15(11-17(18)23(24,25)26)31-14-6-2-3-7-14/h7-13,28H,1-6H3,(H,25,27)(H,26,29);4-5,8-12,14H,2-3,6-7H2,1H3,(H,27,29)(H,28,30). The Kier molecular flexibility index (Phi) is 12.0. The summed E-state index contributed by atoms with van der Waals surface area (Å²) >= 11 is 0. The number of fused-ring (bicyclic) bond motifs is 2. The summed E-state index contributed by atoms with van der Waals surface area (Å²) in [4.78, 5) is 57.1. The van der Waals surface area contributed by atoms with E-state index in [0.717, 1.165) is 43.4 Å². The second kappa shape index (κ2) is 16.7. The predicted molar refractivity (Wildman–Crippen MR) is 230 cm³/mol. The van der Waals surface area contributed by atoms with Crippen LogP contribution in [0.4, 0.5) is 24.5 Å². The number of anilines is 2. The predicted octanol–water partition coefficient (Wildman–Crippen LogP) is 10.5. The molecule has 6 aromatic rings. The van der Waals surface area contributed by atoms with E-state index in [9.17, 15) is 37.5 Å². The average Bonchev–Trinajstić information content (AvgIpc) is 3.68. The molecule has 2 aromatic heterocycles. The molecule has 1 fully saturated rings. The molecule has 5 N–H and O–H groups in total. The minimum Gasteiger partial charge on any atom is -0.507 e. The summed E-state index contributed by atoms with van der Waals surface area (Å²) in [5.74, 6) is -1.14. The molecule has 0 radical (unpaired) electrons. The quantitative estimate of drug-likeness (QED) is 0.113. The van der Waals surface area contributed by atoms with Gasteiger partial charge in [0, 0.05) is 45.5 Å². The number of halogens is 3. The molecular weight excluding hydrogens is 774 g/mol. The number of H-pyrrole nitrogens is 2. The van der Waals surface area contributed by atoms with Gasteiger partial charge in [-0.1, -0.05) is 71.9 Å². The number of benzene rings is 4. The molecule has 7 rings (SSSR count). The molecule has 0 aliphatic heterocycles. The first-order valence-electron chi connectivity index (χ1n) is 19.7. The molecule has 0 atom stereocenters. The maximum absolute atomic E-state index is 13.7. The second-order valence-electron chi connectivity index (χ2n) is 17.1. The van der Waals surface area contributed by atoms with Crippen LogP contribution in [-0.2, 0) is 17.0 Å². The molecular formula is C47H49F3N4O6. The fraction of sp³-hybridized carbons (Fsp3) is 0.319. The summed E-state index contributed by atoms with van der Waals surface area (Å²) in [7, 11) is 0. The van der Waals surface area contributed by atoms with E-state index in [2.05, 4.69) is 20.6 Å². The lowest BCUT2D eigenvalue weighted by Crippen LogP contribution is -2.25. The van der Waals surface area contributed by atoms with Crippen LogP contribution in [0.2, 0.25) is 0 Å². The van der Waals surface area contributed by atoms with Crippen LogP contribution in [0.3, 0.4) is 0 Å². The molecule has 10 nitrogen and oxygen atoms in total. The number of nitrogens with one attached hydrogen (secondary N) is 4. The van der Waals surface area contributed by atoms with E-state index in [-0.39, 0.29) is 39.6 Å². The third-order valence-corrected chi connectivity index (χ3v) is 10.5. The summed E-state index contributed by atoms with van der Waals surface area (Å²) in [5.41, 5.74) is 0.630. The smallest absolute Gasteiger partial charge is 0.418 e. The first-order valence-corrected chi connectivity index (χ1v) is 19.7. The van der Waals surface area contributed by atoms with Crippen LogP contribution in [0.15, 0.2) is 94.8 Å². The van der Waals surface area contributed by atoms with E-state index >= 15 is 0 Å². The van der Waals surface area contributed by atoms with Crippen molar-refractivity contribution in [1.29, 1.82) is 0 Å². The molecule has 2 amide bonds. The maximum Gasteiger partial charge on any atom is 0.418 e. The zero-order chi connectivity index (χ0) is 43.7. The highest BCUT2D eigenvalue weighted by Crippen LogP contribution is 2.43. The molecule has 0 bridgehead atoms. The fourth-order valence-corrected chi connectivity index (χ4v) is 7.52. The number of rotatable bonds is 6. The number of ether oxygens (including phenoxy) is 1. The number of aryl methyl sites for hydroxylation is 1. The number of aromatic nitrogens is 2. The van der Waals surface area contributed by atoms with Crippen molar-refractivity contribution in [2.45, 2.75) is 97.3 Å². The zero-order valence-corrected chi connectivity index (χ0v) is 34.6. The number of hydrogen-bond acceptors (Lipinski definition) is 6. The van der Waals surface area contributed by atoms with Crippen LogP contribution in [0, 0.1) is 6.92 Å². The molecule has 314 valence electrons. The summed E-state index contributed by atoms with van der Waals surface area (Å²) in [6, 6.07) is 19.3. The number of hydrogen-bond donors (Lipinski definition) is 5. The highest BCUT2D eigenvalue weighted by molar-refractivity contribution is 6.07. The number of aromatic hydroxyl groups is 1. The minimum atomic E-state index is -4.70. The number of amides is 2. The van der Waals surface area contributed by atoms with Gasteiger partial charge in [-0.25, -0.2) is 0 Å². The van der Waals surface area contributed by atoms with E-state index in [4.69, 9.17) is 4.74 Å². The van der Waals surface area contributed by atoms with Gasteiger partial charge < -0.3 is 30.4 Å². The van der Waals surface area contributed by atoms with Crippen molar-refractivity contribution in [1.82, 2.24) is 9.97 Å². The van der Waals surface area contributed by atoms with Crippen molar-refractivity contribution >= 4 is 45.0 Å². The topological polar surface area (TPSA) is 153 Å². The molecule has 0 unspecified atom stereocenters. The van der Waals surface area contributed by atoms with Crippen LogP contribution < -0.4 is 26.2 Å². The number of carbonyl (C=O) groups is 2. The van der Waals surface area contributed by atoms with Crippen LogP contribution in [-0.4, -0.2) is 33.0 Å². The third kappa shape index (κ3) is 9.25. The van der Waals surface area contributed by atoms with E-state index in [1.165, 1.54) is 18.5 Å². The Balaban J connectivity index is 0.000000202. The number of carbonyl (C=O) groups excluding carboxylic acids is 2. The van der Waals surface area contributed by atoms with Crippen LogP contribution in [0.5, 0.6) is 11.5 Å². The molecule has 0 saturated heterocycles. The van der Waals surface area contributed by atoms with Gasteiger partial charge in [0.15, 0.2) is 0 Å². The highest BCUT2D eigenvalue weighted by Gasteiger charge is 2.35. The Bertz CT molecular complexity index is 2720. The van der Waals surface area contributed by atoms with Crippen molar-refractivity contribution < 1.29 is 32.6 Å². The lowest BCUT2D eigenvalue weighted by atomic mass is 9.78. The van der Waals surface area contributed by atoms with E-state index < -0.39 is 40.1 Å². The van der Waals surface area contributed by atoms with Gasteiger partial charge in [0.2, 0.25) is 10.9 Å². The SMILES string of the molecule is CC(C)(C)c1ccc(NC(=O)c2c[nH]c3ccccc3c2=O)c(C(C)(C)C)c1O.Cc1cccc2[nH]cc(C(=O)Nc3ccc(OC4CCCC4)cc3C(F)(F)F)c(=O)c12. The molecule has 1 saturated carbocycles. The van der Waals surface area contributed by atoms with E-state index in [1.54, 1.807) is 49.4 Å². The minimum absolute atomic E-state index is 0.0305. The lowest BCUT2D eigenvalue weighted by molar-refractivity contribution is -0.137. The monoisotopic (exact) mass is 822 g/mol. The fourth-order valence-electron chi connectivity index (χ4n) is 7.52.